The number of hydrogen-bond acceptors (Lipinski definition) is 4. The van der Waals surface area contributed by atoms with Gasteiger partial charge in [0.25, 0.3) is 0 Å². The smallest absolute Gasteiger partial charge is 0.224 e. The van der Waals surface area contributed by atoms with Crippen LogP contribution in [0.25, 0.3) is 0 Å². The van der Waals surface area contributed by atoms with Gasteiger partial charge in [-0.2, -0.15) is 4.98 Å². The first-order chi connectivity index (χ1) is 9.79. The number of nitrogen functional groups attached to an aromatic ring is 1. The molecule has 0 bridgehead atoms. The number of anilines is 1. The van der Waals surface area contributed by atoms with Crippen molar-refractivity contribution < 1.29 is 4.74 Å². The molecule has 21 heavy (non-hydrogen) atoms. The molecule has 4 heteroatoms. The maximum atomic E-state index is 6.01. The van der Waals surface area contributed by atoms with Crippen LogP contribution in [0.15, 0.2) is 24.3 Å². The van der Waals surface area contributed by atoms with Gasteiger partial charge in [-0.25, -0.2) is 4.98 Å². The predicted octanol–water partition coefficient (Wildman–Crippen LogP) is 4.02. The molecule has 1 heterocycles. The summed E-state index contributed by atoms with van der Waals surface area (Å²) < 4.78 is 6.01. The highest BCUT2D eigenvalue weighted by molar-refractivity contribution is 5.44. The summed E-state index contributed by atoms with van der Waals surface area (Å²) in [6.07, 6.45) is 0.724. The summed E-state index contributed by atoms with van der Waals surface area (Å²) in [7, 11) is 0. The van der Waals surface area contributed by atoms with Gasteiger partial charge < -0.3 is 10.5 Å². The van der Waals surface area contributed by atoms with E-state index in [1.807, 2.05) is 19.9 Å². The van der Waals surface area contributed by atoms with Crippen molar-refractivity contribution in [3.05, 3.63) is 41.2 Å². The summed E-state index contributed by atoms with van der Waals surface area (Å²) in [5, 5.41) is 0. The number of nitrogens with two attached hydrogens (primary N) is 1. The summed E-state index contributed by atoms with van der Waals surface area (Å²) in [5.41, 5.74) is 8.10. The first-order valence-electron chi connectivity index (χ1n) is 7.22. The van der Waals surface area contributed by atoms with Gasteiger partial charge in [-0.05, 0) is 24.0 Å². The van der Waals surface area contributed by atoms with Gasteiger partial charge in [-0.15, -0.1) is 0 Å². The third kappa shape index (κ3) is 3.72. The molecule has 0 amide bonds. The third-order valence-electron chi connectivity index (χ3n) is 3.24. The molecule has 0 saturated heterocycles. The molecule has 1 aromatic carbocycles. The summed E-state index contributed by atoms with van der Waals surface area (Å²) in [4.78, 5) is 8.56. The van der Waals surface area contributed by atoms with E-state index in [2.05, 4.69) is 42.9 Å². The van der Waals surface area contributed by atoms with Gasteiger partial charge in [0, 0.05) is 18.1 Å². The average molecular weight is 285 g/mol. The minimum atomic E-state index is -0.00477. The number of rotatable bonds is 3. The van der Waals surface area contributed by atoms with Crippen LogP contribution in [0.2, 0.25) is 0 Å². The van der Waals surface area contributed by atoms with Gasteiger partial charge in [-0.1, -0.05) is 39.8 Å². The molecule has 0 fully saturated rings. The van der Waals surface area contributed by atoms with Gasteiger partial charge in [0.1, 0.15) is 17.4 Å². The Morgan fingerprint density at radius 3 is 2.48 bits per heavy atom. The molecule has 2 rings (SSSR count). The molecular weight excluding hydrogens is 262 g/mol. The summed E-state index contributed by atoms with van der Waals surface area (Å²) in [6.45, 7) is 10.5. The molecule has 1 aromatic heterocycles. The molecule has 0 aliphatic heterocycles. The Hall–Kier alpha value is -2.10. The average Bonchev–Trinajstić information content (AvgIpc) is 2.36. The van der Waals surface area contributed by atoms with E-state index in [-0.39, 0.29) is 5.41 Å². The predicted molar refractivity (Wildman–Crippen MR) is 85.8 cm³/mol. The van der Waals surface area contributed by atoms with Crippen molar-refractivity contribution in [1.29, 1.82) is 0 Å². The molecule has 2 aromatic rings. The van der Waals surface area contributed by atoms with Crippen molar-refractivity contribution in [2.75, 3.05) is 5.73 Å². The fourth-order valence-corrected chi connectivity index (χ4v) is 2.15. The molecule has 0 spiro atoms. The Morgan fingerprint density at radius 2 is 1.86 bits per heavy atom. The zero-order valence-corrected chi connectivity index (χ0v) is 13.4. The topological polar surface area (TPSA) is 61.0 Å². The minimum Gasteiger partial charge on any atom is -0.439 e. The van der Waals surface area contributed by atoms with E-state index in [1.165, 1.54) is 0 Å². The minimum absolute atomic E-state index is 0.00477. The van der Waals surface area contributed by atoms with E-state index in [4.69, 9.17) is 10.5 Å². The number of ether oxygens (including phenoxy) is 1. The Balaban J connectivity index is 2.44. The molecule has 112 valence electrons. The van der Waals surface area contributed by atoms with Crippen LogP contribution in [0, 0.1) is 6.92 Å². The van der Waals surface area contributed by atoms with Crippen LogP contribution in [-0.2, 0) is 11.8 Å². The van der Waals surface area contributed by atoms with Crippen molar-refractivity contribution in [3.8, 4) is 11.6 Å². The van der Waals surface area contributed by atoms with Gasteiger partial charge in [0.2, 0.25) is 5.88 Å². The summed E-state index contributed by atoms with van der Waals surface area (Å²) >= 11 is 0. The second-order valence-corrected chi connectivity index (χ2v) is 6.25. The van der Waals surface area contributed by atoms with E-state index in [9.17, 15) is 0 Å². The Bertz CT molecular complexity index is 645. The van der Waals surface area contributed by atoms with Crippen molar-refractivity contribution in [2.24, 2.45) is 0 Å². The summed E-state index contributed by atoms with van der Waals surface area (Å²) in [6, 6.07) is 7.90. The quantitative estimate of drug-likeness (QED) is 0.925. The highest BCUT2D eigenvalue weighted by Gasteiger charge is 2.20. The van der Waals surface area contributed by atoms with E-state index >= 15 is 0 Å². The van der Waals surface area contributed by atoms with Gasteiger partial charge in [0.15, 0.2) is 0 Å². The zero-order valence-electron chi connectivity index (χ0n) is 13.4. The molecule has 4 nitrogen and oxygen atoms in total. The number of benzene rings is 1. The van der Waals surface area contributed by atoms with E-state index < -0.39 is 0 Å². The molecule has 2 N–H and O–H groups in total. The monoisotopic (exact) mass is 285 g/mol. The maximum absolute atomic E-state index is 6.01. The zero-order chi connectivity index (χ0) is 15.6. The standard InChI is InChI=1S/C17H23N3O/c1-6-15-19-14(18)10-16(20-15)21-13-9-11(2)7-8-12(13)17(3,4)5/h7-10H,6H2,1-5H3,(H2,18,19,20). The lowest BCUT2D eigenvalue weighted by molar-refractivity contribution is 0.437. The normalized spacial score (nSPS) is 11.5. The lowest BCUT2D eigenvalue weighted by Gasteiger charge is -2.23. The first kappa shape index (κ1) is 15.3. The number of hydrogen-bond donors (Lipinski definition) is 1. The Morgan fingerprint density at radius 1 is 1.14 bits per heavy atom. The van der Waals surface area contributed by atoms with Gasteiger partial charge >= 0.3 is 0 Å². The lowest BCUT2D eigenvalue weighted by atomic mass is 9.86. The molecule has 0 unspecified atom stereocenters. The number of nitrogens with zero attached hydrogens (tertiary/aromatic N) is 2. The maximum Gasteiger partial charge on any atom is 0.224 e. The van der Waals surface area contributed by atoms with E-state index in [1.54, 1.807) is 6.07 Å². The van der Waals surface area contributed by atoms with Gasteiger partial charge in [-0.3, -0.25) is 0 Å². The number of aromatic nitrogens is 2. The van der Waals surface area contributed by atoms with Gasteiger partial charge in [0.05, 0.1) is 0 Å². The highest BCUT2D eigenvalue weighted by atomic mass is 16.5. The van der Waals surface area contributed by atoms with Crippen molar-refractivity contribution >= 4 is 5.82 Å². The van der Waals surface area contributed by atoms with E-state index in [0.717, 1.165) is 23.3 Å². The van der Waals surface area contributed by atoms with Crippen LogP contribution in [0.3, 0.4) is 0 Å². The molecule has 0 aliphatic carbocycles. The van der Waals surface area contributed by atoms with Crippen LogP contribution in [-0.4, -0.2) is 9.97 Å². The molecule has 0 saturated carbocycles. The van der Waals surface area contributed by atoms with Crippen molar-refractivity contribution in [2.45, 2.75) is 46.5 Å². The van der Waals surface area contributed by atoms with Crippen LogP contribution in [0.1, 0.15) is 44.6 Å². The second-order valence-electron chi connectivity index (χ2n) is 6.25. The SMILES string of the molecule is CCc1nc(N)cc(Oc2cc(C)ccc2C(C)(C)C)n1. The van der Waals surface area contributed by atoms with Crippen LogP contribution < -0.4 is 10.5 Å². The summed E-state index contributed by atoms with van der Waals surface area (Å²) in [5.74, 6) is 2.44. The van der Waals surface area contributed by atoms with E-state index in [0.29, 0.717) is 17.5 Å². The third-order valence-corrected chi connectivity index (χ3v) is 3.24. The van der Waals surface area contributed by atoms with Crippen molar-refractivity contribution in [1.82, 2.24) is 9.97 Å². The highest BCUT2D eigenvalue weighted by Crippen LogP contribution is 2.34. The number of aryl methyl sites for hydroxylation is 2. The molecular formula is C17H23N3O. The Labute approximate surface area is 126 Å². The van der Waals surface area contributed by atoms with Crippen LogP contribution in [0.4, 0.5) is 5.82 Å². The fourth-order valence-electron chi connectivity index (χ4n) is 2.15. The lowest BCUT2D eigenvalue weighted by Crippen LogP contribution is -2.13. The van der Waals surface area contributed by atoms with Crippen LogP contribution >= 0.6 is 0 Å². The van der Waals surface area contributed by atoms with Crippen LogP contribution in [0.5, 0.6) is 11.6 Å². The first-order valence-corrected chi connectivity index (χ1v) is 7.22. The van der Waals surface area contributed by atoms with Crippen molar-refractivity contribution in [3.63, 3.8) is 0 Å². The fraction of sp³-hybridized carbons (Fsp3) is 0.412. The second kappa shape index (κ2) is 5.72. The molecule has 0 atom stereocenters. The molecule has 0 radical (unpaired) electrons. The largest absolute Gasteiger partial charge is 0.439 e. The molecule has 0 aliphatic rings. The Kier molecular flexibility index (Phi) is 4.16.